The Labute approximate surface area is 256 Å². The van der Waals surface area contributed by atoms with Gasteiger partial charge < -0.3 is 26.0 Å². The number of benzene rings is 3. The van der Waals surface area contributed by atoms with Gasteiger partial charge in [-0.15, -0.1) is 11.8 Å². The number of anilines is 1. The van der Waals surface area contributed by atoms with E-state index in [1.807, 2.05) is 75.4 Å². The van der Waals surface area contributed by atoms with Gasteiger partial charge in [0.25, 0.3) is 5.91 Å². The highest BCUT2D eigenvalue weighted by molar-refractivity contribution is 8.00. The maximum atomic E-state index is 13.8. The summed E-state index contributed by atoms with van der Waals surface area (Å²) in [6.07, 6.45) is -1.40. The number of nitrogens with zero attached hydrogens (tertiary/aromatic N) is 1. The average Bonchev–Trinajstić information content (AvgIpc) is 3.29. The van der Waals surface area contributed by atoms with Gasteiger partial charge in [0.2, 0.25) is 5.91 Å². The Morgan fingerprint density at radius 2 is 1.71 bits per heavy atom. The Hall–Kier alpha value is -3.53. The van der Waals surface area contributed by atoms with Crippen molar-refractivity contribution in [3.63, 3.8) is 0 Å². The zero-order valence-electron chi connectivity index (χ0n) is 24.2. The van der Waals surface area contributed by atoms with E-state index in [0.717, 1.165) is 16.7 Å². The van der Waals surface area contributed by atoms with E-state index in [1.54, 1.807) is 25.1 Å². The number of hydrogen-bond donors (Lipinski definition) is 4. The van der Waals surface area contributed by atoms with E-state index in [9.17, 15) is 19.5 Å². The van der Waals surface area contributed by atoms with Crippen molar-refractivity contribution in [2.75, 3.05) is 11.2 Å². The molecule has 3 atom stereocenters. The van der Waals surface area contributed by atoms with E-state index in [2.05, 4.69) is 16.0 Å². The third kappa shape index (κ3) is 7.45. The van der Waals surface area contributed by atoms with Crippen LogP contribution >= 0.6 is 23.4 Å². The van der Waals surface area contributed by atoms with Gasteiger partial charge in [0.05, 0.1) is 11.9 Å². The quantitative estimate of drug-likeness (QED) is 0.272. The molecule has 0 aliphatic carbocycles. The molecule has 3 aromatic rings. The molecule has 1 aliphatic rings. The molecule has 1 saturated heterocycles. The minimum absolute atomic E-state index is 0.199. The fourth-order valence-electron chi connectivity index (χ4n) is 5.02. The van der Waals surface area contributed by atoms with Gasteiger partial charge in [0, 0.05) is 22.0 Å². The zero-order chi connectivity index (χ0) is 30.4. The number of amides is 4. The summed E-state index contributed by atoms with van der Waals surface area (Å²) in [5, 5.41) is 20.5. The molecule has 0 radical (unpaired) electrons. The van der Waals surface area contributed by atoms with Crippen LogP contribution in [0.25, 0.3) is 0 Å². The van der Waals surface area contributed by atoms with Crippen molar-refractivity contribution in [2.24, 2.45) is 0 Å². The number of aliphatic hydroxyl groups is 1. The van der Waals surface area contributed by atoms with Crippen LogP contribution in [0.3, 0.4) is 0 Å². The molecule has 4 N–H and O–H groups in total. The van der Waals surface area contributed by atoms with E-state index in [4.69, 9.17) is 11.6 Å². The summed E-state index contributed by atoms with van der Waals surface area (Å²) in [6, 6.07) is 19.9. The standard InChI is InChI=1S/C32H37ClN4O4S/c1-20-11-8-9-14-23(20)18-34-29(39)28-32(3,4)42-19-37(28)30(40)27(38)26(17-22-12-6-5-7-13-22)36-31(41)35-25-16-10-15-24(33)21(25)2/h5-16,26-28,38H,17-19H2,1-4H3,(H,34,39)(H2,35,36,41)/t26-,27-,28+/m0/s1. The normalized spacial score (nSPS) is 17.3. The first-order valence-electron chi connectivity index (χ1n) is 13.8. The first kappa shape index (κ1) is 31.4. The molecule has 4 amide bonds. The maximum Gasteiger partial charge on any atom is 0.319 e. The van der Waals surface area contributed by atoms with Crippen molar-refractivity contribution in [1.82, 2.24) is 15.5 Å². The van der Waals surface area contributed by atoms with Crippen LogP contribution in [0.4, 0.5) is 10.5 Å². The van der Waals surface area contributed by atoms with Crippen molar-refractivity contribution in [2.45, 2.75) is 63.6 Å². The summed E-state index contributed by atoms with van der Waals surface area (Å²) < 4.78 is -0.588. The summed E-state index contributed by atoms with van der Waals surface area (Å²) in [4.78, 5) is 41.8. The largest absolute Gasteiger partial charge is 0.381 e. The Morgan fingerprint density at radius 3 is 2.43 bits per heavy atom. The van der Waals surface area contributed by atoms with Crippen LogP contribution in [0.15, 0.2) is 72.8 Å². The van der Waals surface area contributed by atoms with E-state index in [1.165, 1.54) is 16.7 Å². The van der Waals surface area contributed by atoms with Crippen LogP contribution in [-0.4, -0.2) is 56.7 Å². The number of carbonyl (C=O) groups excluding carboxylic acids is 3. The third-order valence-corrected chi connectivity index (χ3v) is 9.34. The van der Waals surface area contributed by atoms with Crippen molar-refractivity contribution < 1.29 is 19.5 Å². The summed E-state index contributed by atoms with van der Waals surface area (Å²) >= 11 is 7.68. The Bertz CT molecular complexity index is 1440. The van der Waals surface area contributed by atoms with E-state index in [-0.39, 0.29) is 18.2 Å². The molecule has 1 fully saturated rings. The van der Waals surface area contributed by atoms with E-state index < -0.39 is 34.9 Å². The highest BCUT2D eigenvalue weighted by Crippen LogP contribution is 2.40. The van der Waals surface area contributed by atoms with Crippen LogP contribution in [0.5, 0.6) is 0 Å². The summed E-state index contributed by atoms with van der Waals surface area (Å²) in [7, 11) is 0. The molecule has 0 saturated carbocycles. The molecule has 4 rings (SSSR count). The van der Waals surface area contributed by atoms with Crippen LogP contribution in [0, 0.1) is 13.8 Å². The third-order valence-electron chi connectivity index (χ3n) is 7.56. The van der Waals surface area contributed by atoms with Gasteiger partial charge in [-0.05, 0) is 68.5 Å². The second-order valence-corrected chi connectivity index (χ2v) is 13.0. The summed E-state index contributed by atoms with van der Waals surface area (Å²) in [5.74, 6) is -0.683. The molecule has 0 spiro atoms. The van der Waals surface area contributed by atoms with Crippen molar-refractivity contribution >= 4 is 46.9 Å². The molecule has 0 aromatic heterocycles. The minimum atomic E-state index is -1.60. The summed E-state index contributed by atoms with van der Waals surface area (Å²) in [6.45, 7) is 7.92. The predicted molar refractivity (Wildman–Crippen MR) is 168 cm³/mol. The second kappa shape index (κ2) is 13.6. The van der Waals surface area contributed by atoms with Gasteiger partial charge in [-0.3, -0.25) is 9.59 Å². The SMILES string of the molecule is Cc1ccccc1CNC(=O)[C@H]1N(C(=O)[C@@H](O)[C@H](Cc2ccccc2)NC(=O)Nc2cccc(Cl)c2C)CSC1(C)C. The number of nitrogens with one attached hydrogen (secondary N) is 3. The number of hydrogen-bond acceptors (Lipinski definition) is 5. The smallest absolute Gasteiger partial charge is 0.319 e. The molecule has 1 heterocycles. The lowest BCUT2D eigenvalue weighted by Crippen LogP contribution is -2.59. The van der Waals surface area contributed by atoms with Gasteiger partial charge in [-0.2, -0.15) is 0 Å². The van der Waals surface area contributed by atoms with Gasteiger partial charge in [0.15, 0.2) is 6.10 Å². The van der Waals surface area contributed by atoms with Crippen LogP contribution < -0.4 is 16.0 Å². The molecule has 1 aliphatic heterocycles. The van der Waals surface area contributed by atoms with Crippen LogP contribution in [-0.2, 0) is 22.6 Å². The lowest BCUT2D eigenvalue weighted by molar-refractivity contribution is -0.147. The van der Waals surface area contributed by atoms with Crippen molar-refractivity contribution in [3.8, 4) is 0 Å². The number of thioether (sulfide) groups is 1. The van der Waals surface area contributed by atoms with E-state index >= 15 is 0 Å². The van der Waals surface area contributed by atoms with Crippen molar-refractivity contribution in [1.29, 1.82) is 0 Å². The molecular formula is C32H37ClN4O4S. The van der Waals surface area contributed by atoms with E-state index in [0.29, 0.717) is 22.8 Å². The Balaban J connectivity index is 1.52. The van der Waals surface area contributed by atoms with Gasteiger partial charge >= 0.3 is 6.03 Å². The molecule has 8 nitrogen and oxygen atoms in total. The van der Waals surface area contributed by atoms with Gasteiger partial charge in [-0.1, -0.05) is 72.3 Å². The lowest BCUT2D eigenvalue weighted by Gasteiger charge is -2.33. The number of aliphatic hydroxyl groups excluding tert-OH is 1. The van der Waals surface area contributed by atoms with Gasteiger partial charge in [-0.25, -0.2) is 4.79 Å². The fourth-order valence-corrected chi connectivity index (χ4v) is 6.34. The Morgan fingerprint density at radius 1 is 1.02 bits per heavy atom. The maximum absolute atomic E-state index is 13.8. The lowest BCUT2D eigenvalue weighted by atomic mass is 9.97. The molecule has 42 heavy (non-hydrogen) atoms. The van der Waals surface area contributed by atoms with Crippen molar-refractivity contribution in [3.05, 3.63) is 100 Å². The first-order chi connectivity index (χ1) is 20.0. The average molecular weight is 609 g/mol. The fraction of sp³-hybridized carbons (Fsp3) is 0.344. The summed E-state index contributed by atoms with van der Waals surface area (Å²) in [5.41, 5.74) is 4.09. The molecule has 3 aromatic carbocycles. The molecule has 0 unspecified atom stereocenters. The molecule has 0 bridgehead atoms. The first-order valence-corrected chi connectivity index (χ1v) is 15.2. The highest BCUT2D eigenvalue weighted by atomic mass is 35.5. The predicted octanol–water partition coefficient (Wildman–Crippen LogP) is 5.05. The topological polar surface area (TPSA) is 111 Å². The molecule has 222 valence electrons. The number of aryl methyl sites for hydroxylation is 1. The second-order valence-electron chi connectivity index (χ2n) is 11.0. The van der Waals surface area contributed by atoms with Crippen LogP contribution in [0.1, 0.15) is 36.1 Å². The number of halogens is 1. The monoisotopic (exact) mass is 608 g/mol. The van der Waals surface area contributed by atoms with Crippen LogP contribution in [0.2, 0.25) is 5.02 Å². The molecule has 10 heteroatoms. The highest BCUT2D eigenvalue weighted by Gasteiger charge is 2.49. The number of carbonyl (C=O) groups is 3. The molecular weight excluding hydrogens is 572 g/mol. The Kier molecular flexibility index (Phi) is 10.2. The van der Waals surface area contributed by atoms with Gasteiger partial charge in [0.1, 0.15) is 6.04 Å². The minimum Gasteiger partial charge on any atom is -0.381 e. The number of rotatable bonds is 9. The zero-order valence-corrected chi connectivity index (χ0v) is 25.8. The number of urea groups is 1.